The summed E-state index contributed by atoms with van der Waals surface area (Å²) in [5.41, 5.74) is 8.72. The Balaban J connectivity index is 1.65. The molecule has 0 aromatic heterocycles. The summed E-state index contributed by atoms with van der Waals surface area (Å²) in [6, 6.07) is 33.6. The van der Waals surface area contributed by atoms with Crippen molar-refractivity contribution in [2.75, 3.05) is 0 Å². The minimum Gasteiger partial charge on any atom is -0.252 e. The van der Waals surface area contributed by atoms with E-state index < -0.39 is 0 Å². The quantitative estimate of drug-likeness (QED) is 0.271. The largest absolute Gasteiger partial charge is 0.252 e. The highest BCUT2D eigenvalue weighted by molar-refractivity contribution is 7.99. The predicted molar refractivity (Wildman–Crippen MR) is 143 cm³/mol. The lowest BCUT2D eigenvalue weighted by atomic mass is 10.1. The summed E-state index contributed by atoms with van der Waals surface area (Å²) in [6.07, 6.45) is 0. The SMILES string of the molecule is CC(=Nc1ccccc1Sc1ccccc1N=C(C)c1ccc(C)cc1)c1ccc(C)cc1. The maximum atomic E-state index is 4.96. The standard InChI is InChI=1S/C30H28N2S/c1-21-13-17-25(18-14-21)23(3)31-27-9-5-7-11-29(27)33-30-12-8-6-10-28(30)32-24(4)26-19-15-22(2)16-20-26/h5-20H,1-4H3. The molecule has 33 heavy (non-hydrogen) atoms. The van der Waals surface area contributed by atoms with E-state index in [1.165, 1.54) is 11.1 Å². The Morgan fingerprint density at radius 2 is 0.879 bits per heavy atom. The molecule has 0 atom stereocenters. The van der Waals surface area contributed by atoms with Crippen molar-refractivity contribution in [3.63, 3.8) is 0 Å². The maximum absolute atomic E-state index is 4.96. The van der Waals surface area contributed by atoms with Crippen molar-refractivity contribution >= 4 is 34.6 Å². The average Bonchev–Trinajstić information content (AvgIpc) is 2.82. The number of hydrogen-bond acceptors (Lipinski definition) is 3. The number of nitrogens with zero attached hydrogens (tertiary/aromatic N) is 2. The molecule has 2 nitrogen and oxygen atoms in total. The van der Waals surface area contributed by atoms with Gasteiger partial charge in [0.2, 0.25) is 0 Å². The van der Waals surface area contributed by atoms with Crippen LogP contribution in [-0.2, 0) is 0 Å². The summed E-state index contributed by atoms with van der Waals surface area (Å²) in [5.74, 6) is 0. The van der Waals surface area contributed by atoms with Crippen LogP contribution in [0.4, 0.5) is 11.4 Å². The molecule has 0 fully saturated rings. The van der Waals surface area contributed by atoms with E-state index in [9.17, 15) is 0 Å². The fraction of sp³-hybridized carbons (Fsp3) is 0.133. The Kier molecular flexibility index (Phi) is 7.21. The van der Waals surface area contributed by atoms with E-state index in [0.29, 0.717) is 0 Å². The zero-order valence-electron chi connectivity index (χ0n) is 19.5. The van der Waals surface area contributed by atoms with Gasteiger partial charge in [-0.2, -0.15) is 0 Å². The molecule has 4 aromatic rings. The summed E-state index contributed by atoms with van der Waals surface area (Å²) in [5, 5.41) is 0. The van der Waals surface area contributed by atoms with E-state index in [1.54, 1.807) is 11.8 Å². The van der Waals surface area contributed by atoms with E-state index in [4.69, 9.17) is 9.98 Å². The van der Waals surface area contributed by atoms with Crippen LogP contribution in [0.15, 0.2) is 117 Å². The number of benzene rings is 4. The van der Waals surface area contributed by atoms with Crippen molar-refractivity contribution in [3.8, 4) is 0 Å². The van der Waals surface area contributed by atoms with Crippen molar-refractivity contribution < 1.29 is 0 Å². The summed E-state index contributed by atoms with van der Waals surface area (Å²) in [6.45, 7) is 8.33. The van der Waals surface area contributed by atoms with E-state index >= 15 is 0 Å². The lowest BCUT2D eigenvalue weighted by molar-refractivity contribution is 1.32. The number of aryl methyl sites for hydroxylation is 2. The highest BCUT2D eigenvalue weighted by Crippen LogP contribution is 2.40. The van der Waals surface area contributed by atoms with Crippen LogP contribution in [0.1, 0.15) is 36.1 Å². The average molecular weight is 449 g/mol. The molecule has 0 spiro atoms. The van der Waals surface area contributed by atoms with E-state index in [-0.39, 0.29) is 0 Å². The van der Waals surface area contributed by atoms with Crippen LogP contribution < -0.4 is 0 Å². The molecule has 0 amide bonds. The van der Waals surface area contributed by atoms with E-state index in [0.717, 1.165) is 43.7 Å². The first kappa shape index (κ1) is 22.8. The number of rotatable bonds is 6. The molecule has 4 rings (SSSR count). The van der Waals surface area contributed by atoms with Gasteiger partial charge in [-0.15, -0.1) is 0 Å². The summed E-state index contributed by atoms with van der Waals surface area (Å²) in [4.78, 5) is 12.1. The normalized spacial score (nSPS) is 12.1. The van der Waals surface area contributed by atoms with Crippen LogP contribution in [0, 0.1) is 13.8 Å². The predicted octanol–water partition coefficient (Wildman–Crippen LogP) is 8.74. The summed E-state index contributed by atoms with van der Waals surface area (Å²) < 4.78 is 0. The van der Waals surface area contributed by atoms with Gasteiger partial charge in [0, 0.05) is 21.2 Å². The van der Waals surface area contributed by atoms with Gasteiger partial charge in [0.05, 0.1) is 11.4 Å². The molecule has 0 radical (unpaired) electrons. The van der Waals surface area contributed by atoms with Crippen molar-refractivity contribution in [2.45, 2.75) is 37.5 Å². The molecule has 0 aliphatic rings. The Hall–Kier alpha value is -3.43. The molecule has 164 valence electrons. The summed E-state index contributed by atoms with van der Waals surface area (Å²) >= 11 is 1.71. The molecule has 3 heteroatoms. The fourth-order valence-corrected chi connectivity index (χ4v) is 4.44. The first-order valence-electron chi connectivity index (χ1n) is 11.1. The summed E-state index contributed by atoms with van der Waals surface area (Å²) in [7, 11) is 0. The Morgan fingerprint density at radius 1 is 0.515 bits per heavy atom. The second kappa shape index (κ2) is 10.5. The zero-order chi connectivity index (χ0) is 23.2. The Bertz CT molecular complexity index is 1200. The van der Waals surface area contributed by atoms with Crippen LogP contribution in [-0.4, -0.2) is 11.4 Å². The third-order valence-electron chi connectivity index (χ3n) is 5.47. The minimum atomic E-state index is 0.967. The van der Waals surface area contributed by atoms with Crippen molar-refractivity contribution in [1.29, 1.82) is 0 Å². The monoisotopic (exact) mass is 448 g/mol. The second-order valence-corrected chi connectivity index (χ2v) is 9.25. The highest BCUT2D eigenvalue weighted by atomic mass is 32.2. The molecule has 0 aliphatic heterocycles. The van der Waals surface area contributed by atoms with Gasteiger partial charge in [-0.3, -0.25) is 9.98 Å². The molecule has 0 unspecified atom stereocenters. The molecule has 0 saturated carbocycles. The Morgan fingerprint density at radius 3 is 1.27 bits per heavy atom. The molecule has 0 bridgehead atoms. The van der Waals surface area contributed by atoms with Gasteiger partial charge in [0.15, 0.2) is 0 Å². The van der Waals surface area contributed by atoms with Crippen LogP contribution in [0.5, 0.6) is 0 Å². The fourth-order valence-electron chi connectivity index (χ4n) is 3.47. The molecular weight excluding hydrogens is 420 g/mol. The lowest BCUT2D eigenvalue weighted by Crippen LogP contribution is -1.94. The van der Waals surface area contributed by atoms with Gasteiger partial charge in [-0.1, -0.05) is 95.7 Å². The molecule has 0 aliphatic carbocycles. The van der Waals surface area contributed by atoms with Gasteiger partial charge in [-0.05, 0) is 63.1 Å². The van der Waals surface area contributed by atoms with Gasteiger partial charge < -0.3 is 0 Å². The molecule has 0 heterocycles. The zero-order valence-corrected chi connectivity index (χ0v) is 20.4. The van der Waals surface area contributed by atoms with Crippen molar-refractivity contribution in [1.82, 2.24) is 0 Å². The number of hydrogen-bond donors (Lipinski definition) is 0. The maximum Gasteiger partial charge on any atom is 0.0772 e. The molecule has 0 N–H and O–H groups in total. The van der Waals surface area contributed by atoms with Crippen molar-refractivity contribution in [3.05, 3.63) is 119 Å². The van der Waals surface area contributed by atoms with E-state index in [1.807, 2.05) is 12.1 Å². The third-order valence-corrected chi connectivity index (χ3v) is 6.60. The van der Waals surface area contributed by atoms with Crippen LogP contribution >= 0.6 is 11.8 Å². The number of aliphatic imine (C=N–C) groups is 2. The van der Waals surface area contributed by atoms with Crippen LogP contribution in [0.2, 0.25) is 0 Å². The van der Waals surface area contributed by atoms with Gasteiger partial charge in [-0.25, -0.2) is 0 Å². The van der Waals surface area contributed by atoms with E-state index in [2.05, 4.69) is 113 Å². The second-order valence-electron chi connectivity index (χ2n) is 8.16. The Labute approximate surface area is 201 Å². The molecular formula is C30H28N2S. The van der Waals surface area contributed by atoms with Crippen LogP contribution in [0.3, 0.4) is 0 Å². The van der Waals surface area contributed by atoms with Crippen molar-refractivity contribution in [2.24, 2.45) is 9.98 Å². The smallest absolute Gasteiger partial charge is 0.0772 e. The third kappa shape index (κ3) is 5.88. The topological polar surface area (TPSA) is 24.7 Å². The van der Waals surface area contributed by atoms with Gasteiger partial charge >= 0.3 is 0 Å². The highest BCUT2D eigenvalue weighted by Gasteiger charge is 2.09. The van der Waals surface area contributed by atoms with Gasteiger partial charge in [0.25, 0.3) is 0 Å². The first-order valence-corrected chi connectivity index (χ1v) is 11.9. The molecule has 4 aromatic carbocycles. The molecule has 0 saturated heterocycles. The van der Waals surface area contributed by atoms with Gasteiger partial charge in [0.1, 0.15) is 0 Å². The van der Waals surface area contributed by atoms with Crippen LogP contribution in [0.25, 0.3) is 0 Å². The minimum absolute atomic E-state index is 0.967. The number of para-hydroxylation sites is 2. The lowest BCUT2D eigenvalue weighted by Gasteiger charge is -2.10. The first-order chi connectivity index (χ1) is 16.0.